The summed E-state index contributed by atoms with van der Waals surface area (Å²) in [5, 5.41) is 17.3. The Labute approximate surface area is 127 Å². The van der Waals surface area contributed by atoms with Crippen LogP contribution >= 0.6 is 11.3 Å². The summed E-state index contributed by atoms with van der Waals surface area (Å²) in [4.78, 5) is 16.6. The van der Waals surface area contributed by atoms with E-state index in [9.17, 15) is 4.79 Å². The Morgan fingerprint density at radius 2 is 2.14 bits per heavy atom. The topological polar surface area (TPSA) is 80.0 Å². The molecule has 0 fully saturated rings. The van der Waals surface area contributed by atoms with Gasteiger partial charge in [0.25, 0.3) is 0 Å². The average molecular weight is 308 g/mol. The molecule has 0 amide bonds. The van der Waals surface area contributed by atoms with Crippen LogP contribution in [0.1, 0.15) is 35.5 Å². The Kier molecular flexibility index (Phi) is 4.32. The van der Waals surface area contributed by atoms with Gasteiger partial charge in [-0.15, -0.1) is 11.3 Å². The predicted octanol–water partition coefficient (Wildman–Crippen LogP) is 2.78. The van der Waals surface area contributed by atoms with E-state index in [1.165, 1.54) is 11.3 Å². The van der Waals surface area contributed by atoms with Gasteiger partial charge in [0.1, 0.15) is 0 Å². The summed E-state index contributed by atoms with van der Waals surface area (Å²) in [6.45, 7) is 5.87. The molecule has 6 nitrogen and oxygen atoms in total. The standard InChI is InChI=1S/C14H20N4O2S/c1-7(6-10(19)20)13-12(16-14(15-4)21-13)11-8(2)17-18(5)9(11)3/h7H,6H2,1-5H3,(H,15,16)(H,19,20). The van der Waals surface area contributed by atoms with Crippen LogP contribution in [0.15, 0.2) is 0 Å². The molecule has 0 saturated heterocycles. The van der Waals surface area contributed by atoms with Crippen molar-refractivity contribution in [3.05, 3.63) is 16.3 Å². The highest BCUT2D eigenvalue weighted by Crippen LogP contribution is 2.39. The van der Waals surface area contributed by atoms with E-state index >= 15 is 0 Å². The third-order valence-electron chi connectivity index (χ3n) is 3.54. The number of nitrogens with one attached hydrogen (secondary N) is 1. The van der Waals surface area contributed by atoms with Crippen molar-refractivity contribution in [1.29, 1.82) is 0 Å². The lowest BCUT2D eigenvalue weighted by Gasteiger charge is -2.09. The predicted molar refractivity (Wildman–Crippen MR) is 84.0 cm³/mol. The van der Waals surface area contributed by atoms with Gasteiger partial charge in [0.05, 0.1) is 17.8 Å². The zero-order valence-electron chi connectivity index (χ0n) is 12.9. The van der Waals surface area contributed by atoms with Crippen molar-refractivity contribution >= 4 is 22.4 Å². The lowest BCUT2D eigenvalue weighted by molar-refractivity contribution is -0.137. The zero-order valence-corrected chi connectivity index (χ0v) is 13.7. The first-order valence-electron chi connectivity index (χ1n) is 6.76. The molecule has 1 unspecified atom stereocenters. The Morgan fingerprint density at radius 3 is 2.62 bits per heavy atom. The lowest BCUT2D eigenvalue weighted by Crippen LogP contribution is -2.03. The second kappa shape index (κ2) is 5.85. The molecule has 2 rings (SSSR count). The smallest absolute Gasteiger partial charge is 0.303 e. The summed E-state index contributed by atoms with van der Waals surface area (Å²) < 4.78 is 1.83. The third-order valence-corrected chi connectivity index (χ3v) is 4.85. The monoisotopic (exact) mass is 308 g/mol. The Hall–Kier alpha value is -1.89. The highest BCUT2D eigenvalue weighted by Gasteiger charge is 2.24. The molecule has 0 aliphatic heterocycles. The van der Waals surface area contributed by atoms with Crippen molar-refractivity contribution in [2.75, 3.05) is 12.4 Å². The quantitative estimate of drug-likeness (QED) is 0.888. The normalized spacial score (nSPS) is 12.4. The van der Waals surface area contributed by atoms with Gasteiger partial charge in [-0.2, -0.15) is 5.10 Å². The number of nitrogens with zero attached hydrogens (tertiary/aromatic N) is 3. The maximum absolute atomic E-state index is 11.0. The molecule has 0 radical (unpaired) electrons. The zero-order chi connectivity index (χ0) is 15.7. The minimum atomic E-state index is -0.799. The van der Waals surface area contributed by atoms with Gasteiger partial charge in [0.2, 0.25) is 0 Å². The number of aromatic nitrogens is 3. The number of carbonyl (C=O) groups is 1. The summed E-state index contributed by atoms with van der Waals surface area (Å²) in [6, 6.07) is 0. The number of carboxylic acid groups (broad SMARTS) is 1. The largest absolute Gasteiger partial charge is 0.481 e. The van der Waals surface area contributed by atoms with Crippen LogP contribution in [0.2, 0.25) is 0 Å². The van der Waals surface area contributed by atoms with E-state index in [2.05, 4.69) is 15.4 Å². The van der Waals surface area contributed by atoms with Crippen molar-refractivity contribution in [2.45, 2.75) is 33.1 Å². The Balaban J connectivity index is 2.57. The number of carboxylic acids is 1. The van der Waals surface area contributed by atoms with Crippen LogP contribution in [-0.4, -0.2) is 32.9 Å². The maximum atomic E-state index is 11.0. The number of aryl methyl sites for hydroxylation is 2. The van der Waals surface area contributed by atoms with Gasteiger partial charge in [-0.1, -0.05) is 6.92 Å². The van der Waals surface area contributed by atoms with Crippen LogP contribution in [0.5, 0.6) is 0 Å². The summed E-state index contributed by atoms with van der Waals surface area (Å²) in [7, 11) is 3.72. The second-order valence-corrected chi connectivity index (χ2v) is 6.18. The van der Waals surface area contributed by atoms with Crippen LogP contribution in [0.25, 0.3) is 11.3 Å². The highest BCUT2D eigenvalue weighted by atomic mass is 32.1. The van der Waals surface area contributed by atoms with E-state index < -0.39 is 5.97 Å². The molecule has 2 N–H and O–H groups in total. The molecule has 2 heterocycles. The molecule has 0 bridgehead atoms. The van der Waals surface area contributed by atoms with Gasteiger partial charge in [-0.05, 0) is 13.8 Å². The maximum Gasteiger partial charge on any atom is 0.303 e. The molecule has 0 aliphatic rings. The number of thiazole rings is 1. The van der Waals surface area contributed by atoms with Gasteiger partial charge in [-0.25, -0.2) is 4.98 Å². The molecular weight excluding hydrogens is 288 g/mol. The van der Waals surface area contributed by atoms with Crippen LogP contribution < -0.4 is 5.32 Å². The number of hydrogen-bond acceptors (Lipinski definition) is 5. The summed E-state index contributed by atoms with van der Waals surface area (Å²) in [5.41, 5.74) is 3.79. The van der Waals surface area contributed by atoms with Crippen molar-refractivity contribution in [1.82, 2.24) is 14.8 Å². The van der Waals surface area contributed by atoms with Crippen LogP contribution in [0.4, 0.5) is 5.13 Å². The number of anilines is 1. The molecule has 0 aromatic carbocycles. The molecule has 0 aliphatic carbocycles. The number of rotatable bonds is 5. The third kappa shape index (κ3) is 2.92. The first-order valence-corrected chi connectivity index (χ1v) is 7.57. The molecule has 0 spiro atoms. The van der Waals surface area contributed by atoms with Crippen molar-refractivity contribution < 1.29 is 9.90 Å². The highest BCUT2D eigenvalue weighted by molar-refractivity contribution is 7.16. The molecular formula is C14H20N4O2S. The minimum Gasteiger partial charge on any atom is -0.481 e. The number of hydrogen-bond donors (Lipinski definition) is 2. The second-order valence-electron chi connectivity index (χ2n) is 5.15. The van der Waals surface area contributed by atoms with Gasteiger partial charge in [0, 0.05) is 36.1 Å². The summed E-state index contributed by atoms with van der Waals surface area (Å²) in [5.74, 6) is -0.886. The summed E-state index contributed by atoms with van der Waals surface area (Å²) in [6.07, 6.45) is 0.0940. The Morgan fingerprint density at radius 1 is 1.48 bits per heavy atom. The van der Waals surface area contributed by atoms with E-state index in [1.54, 1.807) is 0 Å². The molecule has 2 aromatic rings. The minimum absolute atomic E-state index is 0.0869. The van der Waals surface area contributed by atoms with Gasteiger partial charge in [-0.3, -0.25) is 9.48 Å². The molecule has 21 heavy (non-hydrogen) atoms. The molecule has 7 heteroatoms. The fourth-order valence-corrected chi connectivity index (χ4v) is 3.40. The first-order chi connectivity index (χ1) is 9.85. The first kappa shape index (κ1) is 15.5. The SMILES string of the molecule is CNc1nc(-c2c(C)nn(C)c2C)c(C(C)CC(=O)O)s1. The summed E-state index contributed by atoms with van der Waals surface area (Å²) >= 11 is 1.51. The van der Waals surface area contributed by atoms with Gasteiger partial charge in [0.15, 0.2) is 5.13 Å². The van der Waals surface area contributed by atoms with Crippen LogP contribution in [0.3, 0.4) is 0 Å². The van der Waals surface area contributed by atoms with Crippen LogP contribution in [0, 0.1) is 13.8 Å². The van der Waals surface area contributed by atoms with E-state index in [0.29, 0.717) is 0 Å². The lowest BCUT2D eigenvalue weighted by atomic mass is 10.0. The molecule has 114 valence electrons. The van der Waals surface area contributed by atoms with Gasteiger partial charge >= 0.3 is 5.97 Å². The van der Waals surface area contributed by atoms with E-state index in [4.69, 9.17) is 5.11 Å². The van der Waals surface area contributed by atoms with E-state index in [1.807, 2.05) is 39.5 Å². The van der Waals surface area contributed by atoms with Crippen LogP contribution in [-0.2, 0) is 11.8 Å². The average Bonchev–Trinajstić information content (AvgIpc) is 2.91. The van der Waals surface area contributed by atoms with Crippen molar-refractivity contribution in [3.8, 4) is 11.3 Å². The molecule has 1 atom stereocenters. The molecule has 0 saturated carbocycles. The van der Waals surface area contributed by atoms with Crippen molar-refractivity contribution in [2.24, 2.45) is 7.05 Å². The Bertz CT molecular complexity index is 675. The van der Waals surface area contributed by atoms with Crippen molar-refractivity contribution in [3.63, 3.8) is 0 Å². The number of aliphatic carboxylic acids is 1. The van der Waals surface area contributed by atoms with Gasteiger partial charge < -0.3 is 10.4 Å². The van der Waals surface area contributed by atoms with E-state index in [-0.39, 0.29) is 12.3 Å². The fraction of sp³-hybridized carbons (Fsp3) is 0.500. The fourth-order valence-electron chi connectivity index (χ4n) is 2.42. The van der Waals surface area contributed by atoms with E-state index in [0.717, 1.165) is 32.7 Å². The molecule has 2 aromatic heterocycles.